The van der Waals surface area contributed by atoms with E-state index < -0.39 is 0 Å². The van der Waals surface area contributed by atoms with Crippen molar-refractivity contribution in [1.82, 2.24) is 4.90 Å². The van der Waals surface area contributed by atoms with Crippen LogP contribution >= 0.6 is 0 Å². The topological polar surface area (TPSA) is 38.5 Å². The summed E-state index contributed by atoms with van der Waals surface area (Å²) in [5.74, 6) is 0.964. The summed E-state index contributed by atoms with van der Waals surface area (Å²) in [6.45, 7) is 10.4. The number of methoxy groups -OCH3 is 1. The second-order valence-electron chi connectivity index (χ2n) is 6.28. The average Bonchev–Trinajstić information content (AvgIpc) is 2.36. The Bertz CT molecular complexity index is 410. The van der Waals surface area contributed by atoms with E-state index in [-0.39, 0.29) is 5.41 Å². The highest BCUT2D eigenvalue weighted by Gasteiger charge is 2.19. The van der Waals surface area contributed by atoms with Crippen molar-refractivity contribution < 1.29 is 4.74 Å². The first-order valence-electron chi connectivity index (χ1n) is 6.87. The molecule has 0 aliphatic rings. The molecule has 0 heterocycles. The Morgan fingerprint density at radius 2 is 1.95 bits per heavy atom. The number of rotatable bonds is 5. The van der Waals surface area contributed by atoms with E-state index in [2.05, 4.69) is 57.8 Å². The summed E-state index contributed by atoms with van der Waals surface area (Å²) in [6.07, 6.45) is 0. The van der Waals surface area contributed by atoms with Crippen LogP contribution < -0.4 is 10.5 Å². The van der Waals surface area contributed by atoms with Gasteiger partial charge in [-0.1, -0.05) is 32.9 Å². The number of benzene rings is 1. The molecule has 0 aliphatic carbocycles. The van der Waals surface area contributed by atoms with Gasteiger partial charge < -0.3 is 10.5 Å². The molecule has 108 valence electrons. The predicted molar refractivity (Wildman–Crippen MR) is 81.7 cm³/mol. The quantitative estimate of drug-likeness (QED) is 0.888. The highest BCUT2D eigenvalue weighted by atomic mass is 16.5. The molecule has 0 radical (unpaired) electrons. The molecule has 1 atom stereocenters. The molecule has 2 N–H and O–H groups in total. The molecular formula is C16H28N2O. The molecule has 1 aromatic rings. The molecule has 0 saturated carbocycles. The van der Waals surface area contributed by atoms with Gasteiger partial charge in [-0.25, -0.2) is 0 Å². The standard InChI is InChI=1S/C16H28N2O/c1-12(10-17)18(5)11-13-7-8-15(19-6)14(9-13)16(2,3)4/h7-9,12H,10-11,17H2,1-6H3. The molecule has 0 bridgehead atoms. The van der Waals surface area contributed by atoms with Gasteiger partial charge in [0, 0.05) is 19.1 Å². The molecule has 0 aromatic heterocycles. The number of hydrogen-bond donors (Lipinski definition) is 1. The number of nitrogens with zero attached hydrogens (tertiary/aromatic N) is 1. The minimum atomic E-state index is 0.0827. The van der Waals surface area contributed by atoms with Crippen molar-refractivity contribution in [3.05, 3.63) is 29.3 Å². The number of nitrogens with two attached hydrogens (primary N) is 1. The van der Waals surface area contributed by atoms with Gasteiger partial charge in [-0.2, -0.15) is 0 Å². The first-order valence-corrected chi connectivity index (χ1v) is 6.87. The Hall–Kier alpha value is -1.06. The van der Waals surface area contributed by atoms with E-state index >= 15 is 0 Å². The summed E-state index contributed by atoms with van der Waals surface area (Å²) in [7, 11) is 3.84. The molecule has 0 spiro atoms. The summed E-state index contributed by atoms with van der Waals surface area (Å²) in [5, 5.41) is 0. The van der Waals surface area contributed by atoms with Crippen LogP contribution in [0.5, 0.6) is 5.75 Å². The van der Waals surface area contributed by atoms with Gasteiger partial charge >= 0.3 is 0 Å². The zero-order chi connectivity index (χ0) is 14.6. The van der Waals surface area contributed by atoms with Crippen LogP contribution in [0.2, 0.25) is 0 Å². The van der Waals surface area contributed by atoms with E-state index in [0.717, 1.165) is 12.3 Å². The van der Waals surface area contributed by atoms with Crippen LogP contribution in [0.25, 0.3) is 0 Å². The first kappa shape index (κ1) is 16.0. The van der Waals surface area contributed by atoms with Crippen molar-refractivity contribution in [3.63, 3.8) is 0 Å². The van der Waals surface area contributed by atoms with Crippen LogP contribution in [0.15, 0.2) is 18.2 Å². The smallest absolute Gasteiger partial charge is 0.122 e. The number of likely N-dealkylation sites (N-methyl/N-ethyl adjacent to an activating group) is 1. The summed E-state index contributed by atoms with van der Waals surface area (Å²) < 4.78 is 5.47. The maximum atomic E-state index is 5.71. The third kappa shape index (κ3) is 4.22. The molecule has 0 saturated heterocycles. The lowest BCUT2D eigenvalue weighted by Gasteiger charge is -2.26. The van der Waals surface area contributed by atoms with Gasteiger partial charge in [0.1, 0.15) is 5.75 Å². The monoisotopic (exact) mass is 264 g/mol. The van der Waals surface area contributed by atoms with E-state index in [9.17, 15) is 0 Å². The van der Waals surface area contributed by atoms with Crippen molar-refractivity contribution in [3.8, 4) is 5.75 Å². The van der Waals surface area contributed by atoms with E-state index in [1.54, 1.807) is 7.11 Å². The maximum Gasteiger partial charge on any atom is 0.122 e. The fourth-order valence-electron chi connectivity index (χ4n) is 2.06. The Morgan fingerprint density at radius 1 is 1.32 bits per heavy atom. The Labute approximate surface area is 117 Å². The Morgan fingerprint density at radius 3 is 2.42 bits per heavy atom. The molecule has 19 heavy (non-hydrogen) atoms. The Balaban J connectivity index is 2.99. The third-order valence-corrected chi connectivity index (χ3v) is 3.60. The largest absolute Gasteiger partial charge is 0.496 e. The maximum absolute atomic E-state index is 5.71. The summed E-state index contributed by atoms with van der Waals surface area (Å²) in [5.41, 5.74) is 8.34. The molecule has 3 heteroatoms. The lowest BCUT2D eigenvalue weighted by Crippen LogP contribution is -2.34. The van der Waals surface area contributed by atoms with Crippen molar-refractivity contribution in [1.29, 1.82) is 0 Å². The molecule has 1 aromatic carbocycles. The zero-order valence-electron chi connectivity index (χ0n) is 13.2. The van der Waals surface area contributed by atoms with Crippen molar-refractivity contribution >= 4 is 0 Å². The molecule has 1 rings (SSSR count). The van der Waals surface area contributed by atoms with Crippen LogP contribution in [0.3, 0.4) is 0 Å². The minimum Gasteiger partial charge on any atom is -0.496 e. The van der Waals surface area contributed by atoms with Crippen molar-refractivity contribution in [2.75, 3.05) is 20.7 Å². The van der Waals surface area contributed by atoms with Gasteiger partial charge in [-0.05, 0) is 36.6 Å². The minimum absolute atomic E-state index is 0.0827. The van der Waals surface area contributed by atoms with E-state index in [1.165, 1.54) is 11.1 Å². The van der Waals surface area contributed by atoms with E-state index in [0.29, 0.717) is 12.6 Å². The predicted octanol–water partition coefficient (Wildman–Crippen LogP) is 2.77. The molecule has 0 amide bonds. The van der Waals surface area contributed by atoms with E-state index in [1.807, 2.05) is 0 Å². The van der Waals surface area contributed by atoms with Gasteiger partial charge in [0.15, 0.2) is 0 Å². The average molecular weight is 264 g/mol. The lowest BCUT2D eigenvalue weighted by molar-refractivity contribution is 0.254. The van der Waals surface area contributed by atoms with Crippen molar-refractivity contribution in [2.45, 2.75) is 45.7 Å². The Kier molecular flexibility index (Phi) is 5.39. The normalized spacial score (nSPS) is 13.7. The number of hydrogen-bond acceptors (Lipinski definition) is 3. The van der Waals surface area contributed by atoms with Gasteiger partial charge in [0.2, 0.25) is 0 Å². The molecular weight excluding hydrogens is 236 g/mol. The zero-order valence-corrected chi connectivity index (χ0v) is 13.2. The highest BCUT2D eigenvalue weighted by Crippen LogP contribution is 2.32. The van der Waals surface area contributed by atoms with Gasteiger partial charge in [0.25, 0.3) is 0 Å². The highest BCUT2D eigenvalue weighted by molar-refractivity contribution is 5.41. The molecule has 1 unspecified atom stereocenters. The molecule has 3 nitrogen and oxygen atoms in total. The van der Waals surface area contributed by atoms with Crippen molar-refractivity contribution in [2.24, 2.45) is 5.73 Å². The van der Waals surface area contributed by atoms with Crippen LogP contribution in [-0.4, -0.2) is 31.6 Å². The summed E-state index contributed by atoms with van der Waals surface area (Å²) in [4.78, 5) is 2.27. The van der Waals surface area contributed by atoms with Crippen LogP contribution in [-0.2, 0) is 12.0 Å². The van der Waals surface area contributed by atoms with Crippen LogP contribution in [0, 0.1) is 0 Å². The molecule has 0 fully saturated rings. The SMILES string of the molecule is COc1ccc(CN(C)C(C)CN)cc1C(C)(C)C. The molecule has 0 aliphatic heterocycles. The lowest BCUT2D eigenvalue weighted by atomic mass is 9.85. The van der Waals surface area contributed by atoms with Crippen LogP contribution in [0.1, 0.15) is 38.8 Å². The second-order valence-corrected chi connectivity index (χ2v) is 6.28. The summed E-state index contributed by atoms with van der Waals surface area (Å²) >= 11 is 0. The third-order valence-electron chi connectivity index (χ3n) is 3.60. The fraction of sp³-hybridized carbons (Fsp3) is 0.625. The first-order chi connectivity index (χ1) is 8.79. The number of ether oxygens (including phenoxy) is 1. The van der Waals surface area contributed by atoms with Crippen LogP contribution in [0.4, 0.5) is 0 Å². The van der Waals surface area contributed by atoms with E-state index in [4.69, 9.17) is 10.5 Å². The van der Waals surface area contributed by atoms with Gasteiger partial charge in [-0.3, -0.25) is 4.90 Å². The summed E-state index contributed by atoms with van der Waals surface area (Å²) in [6, 6.07) is 6.84. The second kappa shape index (κ2) is 6.40. The van der Waals surface area contributed by atoms with Gasteiger partial charge in [0.05, 0.1) is 7.11 Å². The fourth-order valence-corrected chi connectivity index (χ4v) is 2.06. The van der Waals surface area contributed by atoms with Gasteiger partial charge in [-0.15, -0.1) is 0 Å².